The van der Waals surface area contributed by atoms with Crippen molar-refractivity contribution in [2.45, 2.75) is 124 Å². The highest BCUT2D eigenvalue weighted by atomic mass is 32.3. The minimum absolute atomic E-state index is 0.0119. The molecule has 4 amide bonds. The summed E-state index contributed by atoms with van der Waals surface area (Å²) in [7, 11) is -3.32. The van der Waals surface area contributed by atoms with Crippen molar-refractivity contribution >= 4 is 62.5 Å². The number of amides is 4. The van der Waals surface area contributed by atoms with Crippen molar-refractivity contribution in [3.63, 3.8) is 0 Å². The largest absolute Gasteiger partial charge is 0.489 e. The Labute approximate surface area is 379 Å². The summed E-state index contributed by atoms with van der Waals surface area (Å²) in [5.74, 6) is -3.83. The Morgan fingerprint density at radius 3 is 2.23 bits per heavy atom. The average Bonchev–Trinajstić information content (AvgIpc) is 3.75. The second-order valence-corrected chi connectivity index (χ2v) is 20.0. The highest BCUT2D eigenvalue weighted by Crippen LogP contribution is 2.33. The number of ether oxygens (including phenoxy) is 4. The Bertz CT molecular complexity index is 2400. The molecular formula is C40H56FN8O14S2+. The minimum atomic E-state index is -5.11. The zero-order valence-corrected chi connectivity index (χ0v) is 39.8. The van der Waals surface area contributed by atoms with Crippen molar-refractivity contribution in [2.75, 3.05) is 18.5 Å². The van der Waals surface area contributed by atoms with Gasteiger partial charge in [-0.25, -0.2) is 23.8 Å². The lowest BCUT2D eigenvalue weighted by Crippen LogP contribution is -2.76. The van der Waals surface area contributed by atoms with E-state index in [1.54, 1.807) is 86.4 Å². The number of halogens is 1. The number of thiazole rings is 1. The summed E-state index contributed by atoms with van der Waals surface area (Å²) in [6.07, 6.45) is 0.950. The summed E-state index contributed by atoms with van der Waals surface area (Å²) < 4.78 is 77.3. The zero-order valence-electron chi connectivity index (χ0n) is 38.1. The number of hydroxylamine groups is 2. The molecule has 0 radical (unpaired) electrons. The first-order valence-corrected chi connectivity index (χ1v) is 22.3. The maximum Gasteiger partial charge on any atom is 0.418 e. The smallest absolute Gasteiger partial charge is 0.418 e. The predicted octanol–water partition coefficient (Wildman–Crippen LogP) is 4.19. The van der Waals surface area contributed by atoms with Gasteiger partial charge in [0, 0.05) is 23.6 Å². The molecule has 0 unspecified atom stereocenters. The molecule has 1 aromatic carbocycles. The van der Waals surface area contributed by atoms with E-state index in [4.69, 9.17) is 28.3 Å². The SMILES string of the molecule is C[n+]1cc(-c2ccc(OC[C@H](O/N=C(\C(=O)N[C@@H]3C(=O)N(OS(=O)(=O)O)C3(C)C)c3csc(NC(=O)OC(C)(C)C)n3)C(=O)OC(C)(C)C)cc2F)cn1CCCNC(=O)OC(C)(C)C. The first-order valence-electron chi connectivity index (χ1n) is 20.0. The Morgan fingerprint density at radius 2 is 1.65 bits per heavy atom. The van der Waals surface area contributed by atoms with Gasteiger partial charge in [-0.2, -0.15) is 18.2 Å². The Hall–Kier alpha value is -5.92. The normalized spacial score (nSPS) is 15.9. The van der Waals surface area contributed by atoms with Crippen LogP contribution in [0.5, 0.6) is 5.75 Å². The molecule has 25 heteroatoms. The van der Waals surface area contributed by atoms with Crippen LogP contribution < -0.4 is 25.4 Å². The van der Waals surface area contributed by atoms with Crippen molar-refractivity contribution in [1.82, 2.24) is 25.4 Å². The third-order valence-electron chi connectivity index (χ3n) is 8.54. The van der Waals surface area contributed by atoms with Crippen LogP contribution in [0.2, 0.25) is 0 Å². The number of carbonyl (C=O) groups is 5. The highest BCUT2D eigenvalue weighted by molar-refractivity contribution is 7.80. The number of oxime groups is 1. The van der Waals surface area contributed by atoms with Gasteiger partial charge >= 0.3 is 28.6 Å². The number of anilines is 1. The third kappa shape index (κ3) is 15.4. The lowest BCUT2D eigenvalue weighted by atomic mass is 9.84. The van der Waals surface area contributed by atoms with E-state index in [-0.39, 0.29) is 22.1 Å². The molecule has 4 rings (SSSR count). The summed E-state index contributed by atoms with van der Waals surface area (Å²) in [6, 6.07) is 2.62. The van der Waals surface area contributed by atoms with Gasteiger partial charge in [-0.15, -0.1) is 20.3 Å². The molecule has 1 aliphatic rings. The molecule has 2 atom stereocenters. The van der Waals surface area contributed by atoms with Gasteiger partial charge < -0.3 is 34.4 Å². The van der Waals surface area contributed by atoms with Gasteiger partial charge in [0.05, 0.1) is 23.8 Å². The fraction of sp³-hybridized carbons (Fsp3) is 0.550. The molecule has 1 fully saturated rings. The quantitative estimate of drug-likeness (QED) is 0.0216. The number of alkyl carbamates (subject to hydrolysis) is 1. The van der Waals surface area contributed by atoms with Crippen LogP contribution in [0.25, 0.3) is 11.1 Å². The predicted molar refractivity (Wildman–Crippen MR) is 230 cm³/mol. The van der Waals surface area contributed by atoms with Crippen LogP contribution in [0.4, 0.5) is 19.1 Å². The molecule has 22 nitrogen and oxygen atoms in total. The number of hydrogen-bond acceptors (Lipinski definition) is 16. The third-order valence-corrected chi connectivity index (χ3v) is 9.63. The van der Waals surface area contributed by atoms with E-state index in [9.17, 15) is 32.4 Å². The summed E-state index contributed by atoms with van der Waals surface area (Å²) in [5.41, 5.74) is -4.10. The molecule has 1 saturated heterocycles. The summed E-state index contributed by atoms with van der Waals surface area (Å²) in [6.45, 7) is 17.9. The van der Waals surface area contributed by atoms with Crippen molar-refractivity contribution in [1.29, 1.82) is 0 Å². The van der Waals surface area contributed by atoms with Crippen LogP contribution in [0.15, 0.2) is 41.1 Å². The molecule has 1 aliphatic heterocycles. The van der Waals surface area contributed by atoms with E-state index in [0.717, 1.165) is 17.4 Å². The highest BCUT2D eigenvalue weighted by Gasteiger charge is 2.58. The molecular weight excluding hydrogens is 900 g/mol. The first-order chi connectivity index (χ1) is 29.8. The van der Waals surface area contributed by atoms with E-state index < -0.39 is 93.0 Å². The number of benzene rings is 1. The van der Waals surface area contributed by atoms with Gasteiger partial charge in [0.15, 0.2) is 17.9 Å². The van der Waals surface area contributed by atoms with Crippen molar-refractivity contribution in [2.24, 2.45) is 12.2 Å². The van der Waals surface area contributed by atoms with Crippen LogP contribution in [-0.2, 0) is 61.7 Å². The Balaban J connectivity index is 1.56. The van der Waals surface area contributed by atoms with Crippen molar-refractivity contribution < 1.29 is 74.1 Å². The van der Waals surface area contributed by atoms with Gasteiger partial charge in [0.25, 0.3) is 17.9 Å². The lowest BCUT2D eigenvalue weighted by Gasteiger charge is -2.50. The van der Waals surface area contributed by atoms with E-state index in [0.29, 0.717) is 30.1 Å². The van der Waals surface area contributed by atoms with E-state index in [2.05, 4.69) is 30.4 Å². The molecule has 3 heterocycles. The first kappa shape index (κ1) is 51.7. The number of nitrogens with zero attached hydrogens (tertiary/aromatic N) is 5. The van der Waals surface area contributed by atoms with E-state index in [1.165, 1.54) is 31.4 Å². The maximum absolute atomic E-state index is 15.7. The van der Waals surface area contributed by atoms with Gasteiger partial charge in [-0.05, 0) is 94.7 Å². The number of β-lactam (4-membered cyclic amide) rings is 1. The number of hydrogen-bond donors (Lipinski definition) is 4. The van der Waals surface area contributed by atoms with Crippen LogP contribution >= 0.6 is 11.3 Å². The van der Waals surface area contributed by atoms with Crippen LogP contribution in [0.1, 0.15) is 88.3 Å². The summed E-state index contributed by atoms with van der Waals surface area (Å²) in [4.78, 5) is 74.5. The molecule has 4 N–H and O–H groups in total. The monoisotopic (exact) mass is 955 g/mol. The number of rotatable bonds is 17. The number of carbonyl (C=O) groups excluding carboxylic acids is 5. The van der Waals surface area contributed by atoms with Crippen LogP contribution in [-0.4, -0.2) is 111 Å². The number of aromatic nitrogens is 3. The Morgan fingerprint density at radius 1 is 1.02 bits per heavy atom. The average molecular weight is 956 g/mol. The van der Waals surface area contributed by atoms with Gasteiger partial charge in [-0.1, -0.05) is 5.16 Å². The van der Waals surface area contributed by atoms with Crippen molar-refractivity contribution in [3.8, 4) is 16.9 Å². The number of nitrogens with one attached hydrogen (secondary N) is 3. The second-order valence-electron chi connectivity index (χ2n) is 18.1. The number of esters is 1. The second kappa shape index (κ2) is 20.1. The van der Waals surface area contributed by atoms with E-state index in [1.807, 2.05) is 4.68 Å². The molecule has 2 aromatic heterocycles. The Kier molecular flexibility index (Phi) is 16.0. The minimum Gasteiger partial charge on any atom is -0.489 e. The van der Waals surface area contributed by atoms with Gasteiger partial charge in [0.2, 0.25) is 6.20 Å². The maximum atomic E-state index is 15.7. The zero-order chi connectivity index (χ0) is 48.9. The molecule has 0 saturated carbocycles. The molecule has 3 aromatic rings. The van der Waals surface area contributed by atoms with E-state index >= 15 is 4.39 Å². The van der Waals surface area contributed by atoms with Crippen LogP contribution in [0.3, 0.4) is 0 Å². The molecule has 358 valence electrons. The number of aryl methyl sites for hydroxylation is 2. The summed E-state index contributed by atoms with van der Waals surface area (Å²) >= 11 is 0.859. The fourth-order valence-corrected chi connectivity index (χ4v) is 6.87. The van der Waals surface area contributed by atoms with Crippen LogP contribution in [0, 0.1) is 5.82 Å². The van der Waals surface area contributed by atoms with Crippen molar-refractivity contribution in [3.05, 3.63) is 47.5 Å². The summed E-state index contributed by atoms with van der Waals surface area (Å²) in [5, 5.41) is 13.1. The molecule has 0 spiro atoms. The standard InChI is InChI=1S/C40H55FN8O14S2/c1-37(2,3)59-33(52)28(21-58-24-14-15-25(26(41)18-24)23-19-47(12)48(20-23)17-13-16-42-35(53)60-38(4,5)6)62-46-29(27-22-64-34(43-27)45-36(54)61-39(7,8)9)31(50)44-30-32(51)49(40(30,10)11)63-65(55,56)57/h14-15,18-20,22,28,30H,13,16-17,21H2,1-12H3,(H3-,42,43,44,45,50,53,54,55,56,57)/p+1/b46-29-/t28-,30+/m0/s1. The lowest BCUT2D eigenvalue weighted by molar-refractivity contribution is -0.753. The fourth-order valence-electron chi connectivity index (χ4n) is 5.74. The van der Waals surface area contributed by atoms with Gasteiger partial charge in [-0.3, -0.25) is 19.5 Å². The molecule has 0 aliphatic carbocycles. The molecule has 0 bridgehead atoms. The van der Waals surface area contributed by atoms with Gasteiger partial charge in [0.1, 0.15) is 46.7 Å². The molecule has 65 heavy (non-hydrogen) atoms. The topological polar surface area (TPSA) is 268 Å².